The molecule has 0 bridgehead atoms. The number of aryl methyl sites for hydroxylation is 1. The molecule has 1 N–H and O–H groups in total. The van der Waals surface area contributed by atoms with Gasteiger partial charge in [-0.25, -0.2) is 0 Å². The van der Waals surface area contributed by atoms with Crippen LogP contribution in [0, 0.1) is 15.9 Å². The number of nitro groups is 1. The molecule has 0 atom stereocenters. The molecular weight excluding hydrogens is 239 g/mol. The molecule has 0 aliphatic rings. The molecule has 2 aromatic rings. The van der Waals surface area contributed by atoms with Gasteiger partial charge in [-0.05, 0) is 18.2 Å². The molecule has 2 rings (SSSR count). The maximum absolute atomic E-state index is 13.3. The molecule has 6 nitrogen and oxygen atoms in total. The number of halogens is 1. The molecule has 7 heteroatoms. The Morgan fingerprint density at radius 1 is 1.50 bits per heavy atom. The number of hydrogen-bond donors (Lipinski definition) is 1. The molecule has 0 amide bonds. The number of rotatable bonds is 4. The van der Waals surface area contributed by atoms with Gasteiger partial charge in [0.05, 0.1) is 17.2 Å². The Kier molecular flexibility index (Phi) is 3.22. The lowest BCUT2D eigenvalue weighted by molar-refractivity contribution is -0.386. The van der Waals surface area contributed by atoms with Gasteiger partial charge in [-0.3, -0.25) is 14.8 Å². The summed E-state index contributed by atoms with van der Waals surface area (Å²) in [6, 6.07) is 5.72. The summed E-state index contributed by atoms with van der Waals surface area (Å²) in [5, 5.41) is 17.7. The summed E-state index contributed by atoms with van der Waals surface area (Å²) in [5.74, 6) is -0.856. The molecule has 18 heavy (non-hydrogen) atoms. The van der Waals surface area contributed by atoms with Crippen LogP contribution >= 0.6 is 0 Å². The Bertz CT molecular complexity index is 582. The zero-order chi connectivity index (χ0) is 13.1. The fourth-order valence-electron chi connectivity index (χ4n) is 1.59. The molecule has 0 aliphatic heterocycles. The van der Waals surface area contributed by atoms with Crippen molar-refractivity contribution in [2.24, 2.45) is 7.05 Å². The molecule has 0 saturated heterocycles. The van der Waals surface area contributed by atoms with Crippen molar-refractivity contribution < 1.29 is 9.31 Å². The van der Waals surface area contributed by atoms with Gasteiger partial charge in [0.1, 0.15) is 5.69 Å². The summed E-state index contributed by atoms with van der Waals surface area (Å²) in [6.07, 6.45) is 1.76. The maximum Gasteiger partial charge on any atom is 0.327 e. The predicted molar refractivity (Wildman–Crippen MR) is 63.6 cm³/mol. The molecule has 0 unspecified atom stereocenters. The fourth-order valence-corrected chi connectivity index (χ4v) is 1.59. The quantitative estimate of drug-likeness (QED) is 0.666. The zero-order valence-electron chi connectivity index (χ0n) is 9.63. The summed E-state index contributed by atoms with van der Waals surface area (Å²) in [5.41, 5.74) is 0.315. The van der Waals surface area contributed by atoms with Crippen LogP contribution in [0.5, 0.6) is 0 Å². The lowest BCUT2D eigenvalue weighted by Gasteiger charge is -2.05. The van der Waals surface area contributed by atoms with E-state index in [9.17, 15) is 14.5 Å². The number of nitrogens with zero attached hydrogens (tertiary/aromatic N) is 3. The second-order valence-electron chi connectivity index (χ2n) is 3.73. The highest BCUT2D eigenvalue weighted by atomic mass is 19.1. The molecule has 1 aromatic carbocycles. The van der Waals surface area contributed by atoms with Crippen LogP contribution < -0.4 is 5.32 Å². The first-order valence-electron chi connectivity index (χ1n) is 5.23. The minimum Gasteiger partial charge on any atom is -0.374 e. The van der Waals surface area contributed by atoms with E-state index in [1.807, 2.05) is 0 Å². The second-order valence-corrected chi connectivity index (χ2v) is 3.73. The van der Waals surface area contributed by atoms with Crippen LogP contribution in [0.25, 0.3) is 0 Å². The molecule has 0 fully saturated rings. The smallest absolute Gasteiger partial charge is 0.327 e. The number of nitrogens with one attached hydrogen (secondary N) is 1. The summed E-state index contributed by atoms with van der Waals surface area (Å²) in [7, 11) is 1.77. The third kappa shape index (κ3) is 2.45. The Morgan fingerprint density at radius 3 is 2.89 bits per heavy atom. The van der Waals surface area contributed by atoms with E-state index >= 15 is 0 Å². The normalized spacial score (nSPS) is 10.3. The van der Waals surface area contributed by atoms with Crippen molar-refractivity contribution in [3.63, 3.8) is 0 Å². The first-order valence-corrected chi connectivity index (χ1v) is 5.23. The topological polar surface area (TPSA) is 73.0 Å². The van der Waals surface area contributed by atoms with Crippen LogP contribution in [0.3, 0.4) is 0 Å². The van der Waals surface area contributed by atoms with E-state index in [-0.39, 0.29) is 5.69 Å². The molecule has 0 spiro atoms. The maximum atomic E-state index is 13.3. The van der Waals surface area contributed by atoms with E-state index in [1.165, 1.54) is 12.1 Å². The number of aromatic nitrogens is 2. The Labute approximate surface area is 102 Å². The molecule has 1 heterocycles. The van der Waals surface area contributed by atoms with Crippen molar-refractivity contribution >= 4 is 11.4 Å². The van der Waals surface area contributed by atoms with Gasteiger partial charge in [0.15, 0.2) is 0 Å². The van der Waals surface area contributed by atoms with Crippen molar-refractivity contribution in [2.75, 3.05) is 5.32 Å². The van der Waals surface area contributed by atoms with Crippen LogP contribution in [0.1, 0.15) is 5.69 Å². The molecule has 0 aliphatic carbocycles. The molecule has 1 aromatic heterocycles. The van der Waals surface area contributed by atoms with Crippen molar-refractivity contribution in [1.29, 1.82) is 0 Å². The highest BCUT2D eigenvalue weighted by molar-refractivity contribution is 5.61. The fraction of sp³-hybridized carbons (Fsp3) is 0.182. The molecule has 94 valence electrons. The van der Waals surface area contributed by atoms with E-state index < -0.39 is 16.4 Å². The Morgan fingerprint density at radius 2 is 2.28 bits per heavy atom. The van der Waals surface area contributed by atoms with Gasteiger partial charge in [-0.1, -0.05) is 6.07 Å². The zero-order valence-corrected chi connectivity index (χ0v) is 9.63. The van der Waals surface area contributed by atoms with Crippen LogP contribution in [0.2, 0.25) is 0 Å². The number of benzene rings is 1. The average Bonchev–Trinajstić information content (AvgIpc) is 2.72. The van der Waals surface area contributed by atoms with Crippen molar-refractivity contribution in [3.05, 3.63) is 52.1 Å². The van der Waals surface area contributed by atoms with E-state index in [2.05, 4.69) is 10.4 Å². The van der Waals surface area contributed by atoms with Gasteiger partial charge in [0.25, 0.3) is 0 Å². The number of nitro benzene ring substituents is 1. The standard InChI is InChI=1S/C11H11FN4O2/c1-15-6-5-8(14-15)7-13-10-4-2-3-9(12)11(10)16(17)18/h2-6,13H,7H2,1H3. The molecule has 0 saturated carbocycles. The largest absolute Gasteiger partial charge is 0.374 e. The summed E-state index contributed by atoms with van der Waals surface area (Å²) >= 11 is 0. The van der Waals surface area contributed by atoms with Crippen molar-refractivity contribution in [1.82, 2.24) is 9.78 Å². The van der Waals surface area contributed by atoms with Gasteiger partial charge in [-0.15, -0.1) is 0 Å². The van der Waals surface area contributed by atoms with E-state index in [4.69, 9.17) is 0 Å². The average molecular weight is 250 g/mol. The van der Waals surface area contributed by atoms with Gasteiger partial charge in [-0.2, -0.15) is 9.49 Å². The van der Waals surface area contributed by atoms with Crippen molar-refractivity contribution in [2.45, 2.75) is 6.54 Å². The predicted octanol–water partition coefficient (Wildman–Crippen LogP) is 2.08. The summed E-state index contributed by atoms with van der Waals surface area (Å²) in [4.78, 5) is 10.0. The van der Waals surface area contributed by atoms with Gasteiger partial charge in [0.2, 0.25) is 5.82 Å². The van der Waals surface area contributed by atoms with Gasteiger partial charge < -0.3 is 5.32 Å². The van der Waals surface area contributed by atoms with E-state index in [0.29, 0.717) is 6.54 Å². The minimum absolute atomic E-state index is 0.144. The van der Waals surface area contributed by atoms with E-state index in [1.54, 1.807) is 24.0 Å². The van der Waals surface area contributed by atoms with Crippen molar-refractivity contribution in [3.8, 4) is 0 Å². The summed E-state index contributed by atoms with van der Waals surface area (Å²) < 4.78 is 15.0. The monoisotopic (exact) mass is 250 g/mol. The Hall–Kier alpha value is -2.44. The van der Waals surface area contributed by atoms with Crippen LogP contribution in [-0.4, -0.2) is 14.7 Å². The SMILES string of the molecule is Cn1ccc(CNc2cccc(F)c2[N+](=O)[O-])n1. The highest BCUT2D eigenvalue weighted by Gasteiger charge is 2.19. The minimum atomic E-state index is -0.856. The number of anilines is 1. The van der Waals surface area contributed by atoms with Gasteiger partial charge >= 0.3 is 5.69 Å². The number of hydrogen-bond acceptors (Lipinski definition) is 4. The number of para-hydroxylation sites is 1. The third-order valence-electron chi connectivity index (χ3n) is 2.40. The lowest BCUT2D eigenvalue weighted by atomic mass is 10.2. The van der Waals surface area contributed by atoms with Crippen LogP contribution in [0.4, 0.5) is 15.8 Å². The summed E-state index contributed by atoms with van der Waals surface area (Å²) in [6.45, 7) is 0.297. The lowest BCUT2D eigenvalue weighted by Crippen LogP contribution is -2.05. The first kappa shape index (κ1) is 12.0. The third-order valence-corrected chi connectivity index (χ3v) is 2.40. The molecular formula is C11H11FN4O2. The van der Waals surface area contributed by atoms with Gasteiger partial charge in [0, 0.05) is 13.2 Å². The second kappa shape index (κ2) is 4.82. The molecule has 0 radical (unpaired) electrons. The van der Waals surface area contributed by atoms with Crippen LogP contribution in [0.15, 0.2) is 30.5 Å². The highest BCUT2D eigenvalue weighted by Crippen LogP contribution is 2.27. The first-order chi connectivity index (χ1) is 8.58. The van der Waals surface area contributed by atoms with E-state index in [0.717, 1.165) is 11.8 Å². The van der Waals surface area contributed by atoms with Crippen LogP contribution in [-0.2, 0) is 13.6 Å². The Balaban J connectivity index is 2.19.